The summed E-state index contributed by atoms with van der Waals surface area (Å²) in [6, 6.07) is 20.2. The number of amides is 1. The standard InChI is InChI=1S/C21H29N3O.2ClH/c1-3-24(4-2)20(18-13-9-6-10-14-18)16-23-21(25)19(15-22)17-11-7-5-8-12-17;;/h5-14,19-20H,3-4,15-16,22H2,1-2H3,(H,23,25);2*1H. The second-order valence-corrected chi connectivity index (χ2v) is 6.09. The van der Waals surface area contributed by atoms with Crippen molar-refractivity contribution in [2.45, 2.75) is 25.8 Å². The molecule has 2 aromatic carbocycles. The average Bonchev–Trinajstić information content (AvgIpc) is 2.67. The van der Waals surface area contributed by atoms with Gasteiger partial charge >= 0.3 is 0 Å². The van der Waals surface area contributed by atoms with Crippen molar-refractivity contribution in [1.82, 2.24) is 10.2 Å². The predicted octanol–water partition coefficient (Wildman–Crippen LogP) is 3.77. The van der Waals surface area contributed by atoms with Gasteiger partial charge in [-0.15, -0.1) is 24.8 Å². The molecule has 0 saturated heterocycles. The number of carbonyl (C=O) groups is 1. The summed E-state index contributed by atoms with van der Waals surface area (Å²) in [5.41, 5.74) is 8.04. The number of nitrogens with two attached hydrogens (primary N) is 1. The van der Waals surface area contributed by atoms with Crippen molar-refractivity contribution in [2.24, 2.45) is 5.73 Å². The maximum absolute atomic E-state index is 12.7. The van der Waals surface area contributed by atoms with E-state index < -0.39 is 0 Å². The third-order valence-corrected chi connectivity index (χ3v) is 4.66. The quantitative estimate of drug-likeness (QED) is 0.659. The number of carbonyl (C=O) groups excluding carboxylic acids is 1. The van der Waals surface area contributed by atoms with Gasteiger partial charge in [0.2, 0.25) is 5.91 Å². The zero-order valence-corrected chi connectivity index (χ0v) is 17.6. The van der Waals surface area contributed by atoms with E-state index in [1.165, 1.54) is 5.56 Å². The molecule has 0 aliphatic rings. The van der Waals surface area contributed by atoms with Gasteiger partial charge in [-0.05, 0) is 24.2 Å². The molecule has 0 aromatic heterocycles. The summed E-state index contributed by atoms with van der Waals surface area (Å²) in [6.45, 7) is 7.04. The van der Waals surface area contributed by atoms with Gasteiger partial charge in [0, 0.05) is 13.1 Å². The highest BCUT2D eigenvalue weighted by molar-refractivity contribution is 5.85. The molecule has 27 heavy (non-hydrogen) atoms. The maximum atomic E-state index is 12.7. The molecule has 6 heteroatoms. The smallest absolute Gasteiger partial charge is 0.228 e. The molecular weight excluding hydrogens is 381 g/mol. The summed E-state index contributed by atoms with van der Waals surface area (Å²) in [5, 5.41) is 3.12. The summed E-state index contributed by atoms with van der Waals surface area (Å²) < 4.78 is 0. The molecule has 2 rings (SSSR count). The van der Waals surface area contributed by atoms with Crippen LogP contribution in [-0.4, -0.2) is 37.0 Å². The van der Waals surface area contributed by atoms with E-state index in [0.717, 1.165) is 18.7 Å². The van der Waals surface area contributed by atoms with Gasteiger partial charge in [-0.25, -0.2) is 0 Å². The molecule has 150 valence electrons. The number of rotatable bonds is 9. The normalized spacial score (nSPS) is 12.4. The molecule has 0 spiro atoms. The number of halogens is 2. The van der Waals surface area contributed by atoms with Crippen molar-refractivity contribution < 1.29 is 4.79 Å². The van der Waals surface area contributed by atoms with Crippen LogP contribution in [-0.2, 0) is 4.79 Å². The van der Waals surface area contributed by atoms with Gasteiger partial charge in [0.05, 0.1) is 12.0 Å². The highest BCUT2D eigenvalue weighted by atomic mass is 35.5. The molecule has 3 N–H and O–H groups in total. The van der Waals surface area contributed by atoms with Crippen LogP contribution in [0.1, 0.15) is 36.9 Å². The van der Waals surface area contributed by atoms with Crippen molar-refractivity contribution >= 4 is 30.7 Å². The summed E-state index contributed by atoms with van der Waals surface area (Å²) >= 11 is 0. The second kappa shape index (κ2) is 13.6. The van der Waals surface area contributed by atoms with E-state index in [1.54, 1.807) is 0 Å². The summed E-state index contributed by atoms with van der Waals surface area (Å²) in [7, 11) is 0. The Labute approximate surface area is 175 Å². The van der Waals surface area contributed by atoms with Crippen LogP contribution in [0, 0.1) is 0 Å². The van der Waals surface area contributed by atoms with Crippen molar-refractivity contribution in [2.75, 3.05) is 26.2 Å². The Morgan fingerprint density at radius 1 is 0.926 bits per heavy atom. The Hall–Kier alpha value is -1.59. The van der Waals surface area contributed by atoms with Crippen molar-refractivity contribution in [3.8, 4) is 0 Å². The van der Waals surface area contributed by atoms with E-state index in [4.69, 9.17) is 5.73 Å². The molecule has 2 aromatic rings. The van der Waals surface area contributed by atoms with E-state index in [-0.39, 0.29) is 42.7 Å². The molecular formula is C21H31Cl2N3O. The lowest BCUT2D eigenvalue weighted by Gasteiger charge is -2.30. The SMILES string of the molecule is CCN(CC)C(CNC(=O)C(CN)c1ccccc1)c1ccccc1.Cl.Cl. The zero-order chi connectivity index (χ0) is 18.1. The number of hydrogen-bond acceptors (Lipinski definition) is 3. The maximum Gasteiger partial charge on any atom is 0.228 e. The molecule has 2 unspecified atom stereocenters. The first-order valence-electron chi connectivity index (χ1n) is 9.02. The molecule has 0 aliphatic carbocycles. The van der Waals surface area contributed by atoms with Crippen molar-refractivity contribution in [3.05, 3.63) is 71.8 Å². The molecule has 2 atom stereocenters. The van der Waals surface area contributed by atoms with E-state index in [2.05, 4.69) is 36.2 Å². The fourth-order valence-electron chi connectivity index (χ4n) is 3.20. The van der Waals surface area contributed by atoms with Gasteiger partial charge in [-0.2, -0.15) is 0 Å². The van der Waals surface area contributed by atoms with Crippen LogP contribution in [0.2, 0.25) is 0 Å². The van der Waals surface area contributed by atoms with Crippen LogP contribution in [0.3, 0.4) is 0 Å². The van der Waals surface area contributed by atoms with Gasteiger partial charge in [-0.3, -0.25) is 9.69 Å². The first kappa shape index (κ1) is 25.4. The Morgan fingerprint density at radius 2 is 1.41 bits per heavy atom. The van der Waals surface area contributed by atoms with Crippen molar-refractivity contribution in [3.63, 3.8) is 0 Å². The van der Waals surface area contributed by atoms with E-state index in [1.807, 2.05) is 48.5 Å². The van der Waals surface area contributed by atoms with Gasteiger partial charge in [0.15, 0.2) is 0 Å². The van der Waals surface area contributed by atoms with Crippen LogP contribution in [0.25, 0.3) is 0 Å². The van der Waals surface area contributed by atoms with Crippen LogP contribution in [0.4, 0.5) is 0 Å². The lowest BCUT2D eigenvalue weighted by Crippen LogP contribution is -2.41. The van der Waals surface area contributed by atoms with Gasteiger partial charge in [0.1, 0.15) is 0 Å². The minimum Gasteiger partial charge on any atom is -0.354 e. The fourth-order valence-corrected chi connectivity index (χ4v) is 3.20. The van der Waals surface area contributed by atoms with Gasteiger partial charge in [-0.1, -0.05) is 74.5 Å². The molecule has 0 saturated carbocycles. The third kappa shape index (κ3) is 7.15. The highest BCUT2D eigenvalue weighted by Gasteiger charge is 2.22. The van der Waals surface area contributed by atoms with Crippen LogP contribution in [0.5, 0.6) is 0 Å². The first-order chi connectivity index (χ1) is 12.2. The number of nitrogens with zero attached hydrogens (tertiary/aromatic N) is 1. The molecule has 1 amide bonds. The van der Waals surface area contributed by atoms with Crippen LogP contribution >= 0.6 is 24.8 Å². The Bertz CT molecular complexity index is 636. The average molecular weight is 412 g/mol. The second-order valence-electron chi connectivity index (χ2n) is 6.09. The highest BCUT2D eigenvalue weighted by Crippen LogP contribution is 2.20. The topological polar surface area (TPSA) is 58.4 Å². The number of nitrogens with one attached hydrogen (secondary N) is 1. The fraction of sp³-hybridized carbons (Fsp3) is 0.381. The largest absolute Gasteiger partial charge is 0.354 e. The van der Waals surface area contributed by atoms with Crippen LogP contribution < -0.4 is 11.1 Å². The monoisotopic (exact) mass is 411 g/mol. The minimum atomic E-state index is -0.311. The summed E-state index contributed by atoms with van der Waals surface area (Å²) in [4.78, 5) is 15.1. The van der Waals surface area contributed by atoms with E-state index >= 15 is 0 Å². The van der Waals surface area contributed by atoms with Crippen molar-refractivity contribution in [1.29, 1.82) is 0 Å². The van der Waals surface area contributed by atoms with E-state index in [9.17, 15) is 4.79 Å². The molecule has 0 heterocycles. The third-order valence-electron chi connectivity index (χ3n) is 4.66. The Balaban J connectivity index is 0.00000338. The molecule has 0 radical (unpaired) electrons. The summed E-state index contributed by atoms with van der Waals surface area (Å²) in [6.07, 6.45) is 0. The minimum absolute atomic E-state index is 0. The molecule has 4 nitrogen and oxygen atoms in total. The Morgan fingerprint density at radius 3 is 1.85 bits per heavy atom. The number of benzene rings is 2. The number of likely N-dealkylation sites (N-methyl/N-ethyl adjacent to an activating group) is 1. The Kier molecular flexibility index (Phi) is 12.8. The number of hydrogen-bond donors (Lipinski definition) is 2. The lowest BCUT2D eigenvalue weighted by atomic mass is 9.98. The molecule has 0 fully saturated rings. The predicted molar refractivity (Wildman–Crippen MR) is 118 cm³/mol. The zero-order valence-electron chi connectivity index (χ0n) is 16.0. The van der Waals surface area contributed by atoms with Gasteiger partial charge in [0.25, 0.3) is 0 Å². The summed E-state index contributed by atoms with van der Waals surface area (Å²) in [5.74, 6) is -0.323. The van der Waals surface area contributed by atoms with Gasteiger partial charge < -0.3 is 11.1 Å². The lowest BCUT2D eigenvalue weighted by molar-refractivity contribution is -0.122. The first-order valence-corrected chi connectivity index (χ1v) is 9.02. The molecule has 0 aliphatic heterocycles. The van der Waals surface area contributed by atoms with Crippen LogP contribution in [0.15, 0.2) is 60.7 Å². The molecule has 0 bridgehead atoms. The van der Waals surface area contributed by atoms with E-state index in [0.29, 0.717) is 13.1 Å².